The van der Waals surface area contributed by atoms with Crippen LogP contribution < -0.4 is 10.2 Å². The molecule has 4 heteroatoms. The van der Waals surface area contributed by atoms with Crippen molar-refractivity contribution in [2.75, 3.05) is 6.61 Å². The van der Waals surface area contributed by atoms with Gasteiger partial charge >= 0.3 is 0 Å². The van der Waals surface area contributed by atoms with Crippen molar-refractivity contribution in [2.45, 2.75) is 6.92 Å². The third-order valence-electron chi connectivity index (χ3n) is 3.63. The summed E-state index contributed by atoms with van der Waals surface area (Å²) in [6, 6.07) is 20.9. The molecule has 0 aliphatic rings. The highest BCUT2D eigenvalue weighted by molar-refractivity contribution is 6.03. The van der Waals surface area contributed by atoms with Crippen LogP contribution in [-0.4, -0.2) is 18.7 Å². The van der Waals surface area contributed by atoms with E-state index in [4.69, 9.17) is 4.74 Å². The van der Waals surface area contributed by atoms with Crippen molar-refractivity contribution in [1.82, 2.24) is 5.43 Å². The second-order valence-electron chi connectivity index (χ2n) is 5.20. The summed E-state index contributed by atoms with van der Waals surface area (Å²) in [4.78, 5) is 12.1. The lowest BCUT2D eigenvalue weighted by molar-refractivity contribution is 0.0955. The Labute approximate surface area is 140 Å². The largest absolute Gasteiger partial charge is 0.493 e. The molecule has 0 unspecified atom stereocenters. The summed E-state index contributed by atoms with van der Waals surface area (Å²) in [6.07, 6.45) is 1.63. The van der Waals surface area contributed by atoms with E-state index in [1.165, 1.54) is 0 Å². The van der Waals surface area contributed by atoms with Gasteiger partial charge in [-0.1, -0.05) is 48.5 Å². The molecular weight excluding hydrogens is 300 g/mol. The highest BCUT2D eigenvalue weighted by atomic mass is 16.5. The van der Waals surface area contributed by atoms with E-state index in [1.54, 1.807) is 18.3 Å². The average molecular weight is 318 g/mol. The van der Waals surface area contributed by atoms with E-state index in [-0.39, 0.29) is 5.91 Å². The smallest absolute Gasteiger partial charge is 0.271 e. The maximum atomic E-state index is 12.1. The van der Waals surface area contributed by atoms with E-state index in [2.05, 4.69) is 10.5 Å². The van der Waals surface area contributed by atoms with Crippen LogP contribution in [-0.2, 0) is 0 Å². The molecule has 0 bridgehead atoms. The van der Waals surface area contributed by atoms with Crippen LogP contribution in [0.25, 0.3) is 10.8 Å². The number of benzene rings is 3. The van der Waals surface area contributed by atoms with Crippen LogP contribution in [0.15, 0.2) is 71.8 Å². The first-order valence-electron chi connectivity index (χ1n) is 7.82. The zero-order valence-corrected chi connectivity index (χ0v) is 13.4. The zero-order valence-electron chi connectivity index (χ0n) is 13.4. The van der Waals surface area contributed by atoms with E-state index in [0.717, 1.165) is 22.1 Å². The van der Waals surface area contributed by atoms with Crippen LogP contribution in [0.3, 0.4) is 0 Å². The summed E-state index contributed by atoms with van der Waals surface area (Å²) < 4.78 is 5.68. The van der Waals surface area contributed by atoms with E-state index in [9.17, 15) is 4.79 Å². The van der Waals surface area contributed by atoms with Gasteiger partial charge in [-0.3, -0.25) is 4.79 Å². The predicted molar refractivity (Wildman–Crippen MR) is 96.6 cm³/mol. The minimum Gasteiger partial charge on any atom is -0.493 e. The summed E-state index contributed by atoms with van der Waals surface area (Å²) in [5.41, 5.74) is 3.97. The second kappa shape index (κ2) is 7.42. The number of fused-ring (bicyclic) bond motifs is 1. The van der Waals surface area contributed by atoms with E-state index < -0.39 is 0 Å². The molecule has 0 aliphatic carbocycles. The highest BCUT2D eigenvalue weighted by Crippen LogP contribution is 2.26. The number of nitrogens with one attached hydrogen (secondary N) is 1. The molecule has 0 spiro atoms. The van der Waals surface area contributed by atoms with Crippen molar-refractivity contribution in [3.8, 4) is 5.75 Å². The maximum Gasteiger partial charge on any atom is 0.271 e. The number of carbonyl (C=O) groups is 1. The fourth-order valence-corrected chi connectivity index (χ4v) is 2.50. The molecule has 4 nitrogen and oxygen atoms in total. The van der Waals surface area contributed by atoms with Crippen molar-refractivity contribution in [3.63, 3.8) is 0 Å². The minimum atomic E-state index is -0.245. The van der Waals surface area contributed by atoms with Crippen molar-refractivity contribution in [3.05, 3.63) is 77.9 Å². The number of hydrogen-bond acceptors (Lipinski definition) is 3. The Morgan fingerprint density at radius 2 is 1.79 bits per heavy atom. The first kappa shape index (κ1) is 15.7. The van der Waals surface area contributed by atoms with E-state index in [1.807, 2.05) is 61.5 Å². The molecule has 0 aromatic heterocycles. The number of hydrazone groups is 1. The van der Waals surface area contributed by atoms with Crippen LogP contribution >= 0.6 is 0 Å². The lowest BCUT2D eigenvalue weighted by Crippen LogP contribution is -2.17. The number of nitrogens with zero attached hydrogens (tertiary/aromatic N) is 1. The monoisotopic (exact) mass is 318 g/mol. The van der Waals surface area contributed by atoms with Crippen molar-refractivity contribution < 1.29 is 9.53 Å². The van der Waals surface area contributed by atoms with Gasteiger partial charge < -0.3 is 4.74 Å². The van der Waals surface area contributed by atoms with Crippen molar-refractivity contribution in [1.29, 1.82) is 0 Å². The second-order valence-corrected chi connectivity index (χ2v) is 5.20. The molecule has 0 fully saturated rings. The molecular formula is C20H18N2O2. The Kier molecular flexibility index (Phi) is 4.87. The molecule has 0 saturated heterocycles. The minimum absolute atomic E-state index is 0.245. The van der Waals surface area contributed by atoms with Gasteiger partial charge in [0.05, 0.1) is 12.8 Å². The van der Waals surface area contributed by atoms with Gasteiger partial charge in [-0.2, -0.15) is 5.10 Å². The lowest BCUT2D eigenvalue weighted by atomic mass is 10.0. The van der Waals surface area contributed by atoms with Crippen LogP contribution in [0.1, 0.15) is 22.8 Å². The fraction of sp³-hybridized carbons (Fsp3) is 0.100. The quantitative estimate of drug-likeness (QED) is 0.571. The zero-order chi connectivity index (χ0) is 16.8. The summed E-state index contributed by atoms with van der Waals surface area (Å²) >= 11 is 0. The predicted octanol–water partition coefficient (Wildman–Crippen LogP) is 4.00. The van der Waals surface area contributed by atoms with E-state index >= 15 is 0 Å². The van der Waals surface area contributed by atoms with E-state index in [0.29, 0.717) is 12.2 Å². The first-order chi connectivity index (χ1) is 11.8. The molecule has 1 amide bonds. The first-order valence-corrected chi connectivity index (χ1v) is 7.82. The van der Waals surface area contributed by atoms with Gasteiger partial charge in [-0.15, -0.1) is 0 Å². The fourth-order valence-electron chi connectivity index (χ4n) is 2.50. The molecule has 120 valence electrons. The molecule has 0 saturated carbocycles. The Morgan fingerprint density at radius 1 is 1.04 bits per heavy atom. The maximum absolute atomic E-state index is 12.1. The van der Waals surface area contributed by atoms with Crippen LogP contribution in [0, 0.1) is 0 Å². The average Bonchev–Trinajstić information content (AvgIpc) is 2.64. The summed E-state index contributed by atoms with van der Waals surface area (Å²) in [6.45, 7) is 2.50. The Morgan fingerprint density at radius 3 is 2.58 bits per heavy atom. The molecule has 0 radical (unpaired) electrons. The molecule has 24 heavy (non-hydrogen) atoms. The van der Waals surface area contributed by atoms with Crippen LogP contribution in [0.5, 0.6) is 5.75 Å². The number of rotatable bonds is 5. The standard InChI is InChI=1S/C20H18N2O2/c1-2-24-19-13-12-15-8-6-7-11-17(15)18(19)14-21-22-20(23)16-9-4-3-5-10-16/h3-14H,2H2,1H3,(H,22,23). The van der Waals surface area contributed by atoms with Gasteiger partial charge in [-0.05, 0) is 35.9 Å². The third kappa shape index (κ3) is 3.43. The number of carbonyl (C=O) groups excluding carboxylic acids is 1. The molecule has 3 aromatic rings. The Balaban J connectivity index is 1.88. The van der Waals surface area contributed by atoms with Crippen LogP contribution in [0.2, 0.25) is 0 Å². The summed E-state index contributed by atoms with van der Waals surface area (Å²) in [5.74, 6) is 0.499. The number of ether oxygens (including phenoxy) is 1. The molecule has 0 aliphatic heterocycles. The van der Waals surface area contributed by atoms with Gasteiger partial charge in [-0.25, -0.2) is 5.43 Å². The third-order valence-corrected chi connectivity index (χ3v) is 3.63. The molecule has 1 N–H and O–H groups in total. The highest BCUT2D eigenvalue weighted by Gasteiger charge is 2.07. The van der Waals surface area contributed by atoms with Crippen molar-refractivity contribution >= 4 is 22.9 Å². The molecule has 0 heterocycles. The molecule has 3 aromatic carbocycles. The number of hydrogen-bond donors (Lipinski definition) is 1. The van der Waals surface area contributed by atoms with Gasteiger partial charge in [0, 0.05) is 11.1 Å². The summed E-state index contributed by atoms with van der Waals surface area (Å²) in [7, 11) is 0. The topological polar surface area (TPSA) is 50.7 Å². The molecule has 0 atom stereocenters. The Hall–Kier alpha value is -3.14. The SMILES string of the molecule is CCOc1ccc2ccccc2c1C=NNC(=O)c1ccccc1. The van der Waals surface area contributed by atoms with Crippen LogP contribution in [0.4, 0.5) is 0 Å². The lowest BCUT2D eigenvalue weighted by Gasteiger charge is -2.10. The normalized spacial score (nSPS) is 10.9. The van der Waals surface area contributed by atoms with Gasteiger partial charge in [0.1, 0.15) is 5.75 Å². The summed E-state index contributed by atoms with van der Waals surface area (Å²) in [5, 5.41) is 6.23. The van der Waals surface area contributed by atoms with Crippen molar-refractivity contribution in [2.24, 2.45) is 5.10 Å². The Bertz CT molecular complexity index is 873. The van der Waals surface area contributed by atoms with Gasteiger partial charge in [0.25, 0.3) is 5.91 Å². The van der Waals surface area contributed by atoms with Gasteiger partial charge in [0.15, 0.2) is 0 Å². The molecule has 3 rings (SSSR count). The van der Waals surface area contributed by atoms with Gasteiger partial charge in [0.2, 0.25) is 0 Å². The number of amides is 1.